The third-order valence-corrected chi connectivity index (χ3v) is 9.61. The molecule has 2 aromatic carbocycles. The van der Waals surface area contributed by atoms with Crippen LogP contribution in [0.4, 0.5) is 11.4 Å². The van der Waals surface area contributed by atoms with Crippen LogP contribution in [0.2, 0.25) is 0 Å². The molecule has 1 saturated heterocycles. The smallest absolute Gasteiger partial charge is 0.255 e. The Kier molecular flexibility index (Phi) is 4.62. The fourth-order valence-electron chi connectivity index (χ4n) is 5.09. The van der Waals surface area contributed by atoms with Gasteiger partial charge in [0.2, 0.25) is 11.8 Å². The molecule has 2 aromatic rings. The molecule has 148 valence electrons. The van der Waals surface area contributed by atoms with Crippen LogP contribution in [0.15, 0.2) is 54.6 Å². The maximum absolute atomic E-state index is 13.1. The number of nitrogens with one attached hydrogen (secondary N) is 1. The van der Waals surface area contributed by atoms with Crippen LogP contribution < -0.4 is 10.2 Å². The van der Waals surface area contributed by atoms with Crippen molar-refractivity contribution in [2.45, 2.75) is 16.1 Å². The van der Waals surface area contributed by atoms with Gasteiger partial charge in [0.15, 0.2) is 0 Å². The average Bonchev–Trinajstić information content (AvgIpc) is 3.34. The minimum absolute atomic E-state index is 0.113. The van der Waals surface area contributed by atoms with E-state index in [4.69, 9.17) is 0 Å². The molecule has 0 radical (unpaired) electrons. The highest BCUT2D eigenvalue weighted by Gasteiger charge is 2.66. The summed E-state index contributed by atoms with van der Waals surface area (Å²) < 4.78 is 0. The Morgan fingerprint density at radius 1 is 0.862 bits per heavy atom. The third-order valence-electron chi connectivity index (χ3n) is 6.41. The molecule has 5 nitrogen and oxygen atoms in total. The molecule has 6 unspecified atom stereocenters. The van der Waals surface area contributed by atoms with Gasteiger partial charge in [-0.1, -0.05) is 50.1 Å². The van der Waals surface area contributed by atoms with Crippen molar-refractivity contribution in [1.29, 1.82) is 0 Å². The zero-order valence-electron chi connectivity index (χ0n) is 15.3. The van der Waals surface area contributed by atoms with E-state index in [-0.39, 0.29) is 51.0 Å². The second kappa shape index (κ2) is 7.06. The lowest BCUT2D eigenvalue weighted by Gasteiger charge is -2.28. The van der Waals surface area contributed by atoms with Gasteiger partial charge in [-0.25, -0.2) is 0 Å². The Labute approximate surface area is 185 Å². The zero-order valence-corrected chi connectivity index (χ0v) is 18.5. The number of imide groups is 1. The molecule has 3 amide bonds. The third kappa shape index (κ3) is 2.89. The van der Waals surface area contributed by atoms with E-state index in [9.17, 15) is 14.4 Å². The van der Waals surface area contributed by atoms with Gasteiger partial charge in [0, 0.05) is 20.9 Å². The Hall–Kier alpha value is -1.99. The van der Waals surface area contributed by atoms with Crippen LogP contribution in [-0.4, -0.2) is 27.4 Å². The number of carbonyl (C=O) groups is 3. The summed E-state index contributed by atoms with van der Waals surface area (Å²) in [7, 11) is 0. The molecule has 3 aliphatic rings. The average molecular weight is 518 g/mol. The van der Waals surface area contributed by atoms with Gasteiger partial charge in [0.05, 0.1) is 17.5 Å². The van der Waals surface area contributed by atoms with Crippen LogP contribution in [0.25, 0.3) is 0 Å². The molecule has 6 atom stereocenters. The Morgan fingerprint density at radius 3 is 1.97 bits per heavy atom. The van der Waals surface area contributed by atoms with Gasteiger partial charge < -0.3 is 5.32 Å². The van der Waals surface area contributed by atoms with Crippen molar-refractivity contribution < 1.29 is 14.4 Å². The molecule has 1 heterocycles. The number of rotatable bonds is 3. The quantitative estimate of drug-likeness (QED) is 0.489. The van der Waals surface area contributed by atoms with Crippen molar-refractivity contribution in [3.05, 3.63) is 60.2 Å². The number of anilines is 2. The van der Waals surface area contributed by atoms with E-state index in [0.29, 0.717) is 16.9 Å². The summed E-state index contributed by atoms with van der Waals surface area (Å²) in [4.78, 5) is 40.4. The second-order valence-corrected chi connectivity index (χ2v) is 10.00. The van der Waals surface area contributed by atoms with E-state index in [1.165, 1.54) is 4.90 Å². The summed E-state index contributed by atoms with van der Waals surface area (Å²) in [6.45, 7) is 0. The highest BCUT2D eigenvalue weighted by Crippen LogP contribution is 2.60. The van der Waals surface area contributed by atoms with Gasteiger partial charge in [0.1, 0.15) is 0 Å². The van der Waals surface area contributed by atoms with Crippen LogP contribution in [0.3, 0.4) is 0 Å². The van der Waals surface area contributed by atoms with Crippen molar-refractivity contribution >= 4 is 61.0 Å². The molecule has 2 saturated carbocycles. The first-order chi connectivity index (χ1) is 14.0. The molecule has 0 aromatic heterocycles. The van der Waals surface area contributed by atoms with Gasteiger partial charge in [0.25, 0.3) is 5.91 Å². The summed E-state index contributed by atoms with van der Waals surface area (Å²) in [5, 5.41) is 2.83. The van der Waals surface area contributed by atoms with Crippen molar-refractivity contribution in [1.82, 2.24) is 0 Å². The highest BCUT2D eigenvalue weighted by molar-refractivity contribution is 9.12. The number of fused-ring (bicyclic) bond motifs is 5. The largest absolute Gasteiger partial charge is 0.322 e. The molecular weight excluding hydrogens is 500 g/mol. The van der Waals surface area contributed by atoms with Crippen LogP contribution in [0.1, 0.15) is 16.8 Å². The van der Waals surface area contributed by atoms with E-state index < -0.39 is 0 Å². The minimum Gasteiger partial charge on any atom is -0.322 e. The van der Waals surface area contributed by atoms with Crippen molar-refractivity contribution in [3.8, 4) is 0 Å². The number of hydrogen-bond donors (Lipinski definition) is 1. The van der Waals surface area contributed by atoms with Crippen LogP contribution in [0.5, 0.6) is 0 Å². The van der Waals surface area contributed by atoms with Gasteiger partial charge in [-0.3, -0.25) is 19.3 Å². The van der Waals surface area contributed by atoms with Gasteiger partial charge in [-0.15, -0.1) is 0 Å². The number of halogens is 2. The molecular formula is C22H18Br2N2O3. The van der Waals surface area contributed by atoms with Gasteiger partial charge in [-0.2, -0.15) is 0 Å². The highest BCUT2D eigenvalue weighted by atomic mass is 79.9. The van der Waals surface area contributed by atoms with Crippen LogP contribution >= 0.6 is 31.9 Å². The first-order valence-electron chi connectivity index (χ1n) is 9.60. The maximum atomic E-state index is 13.1. The fourth-order valence-corrected chi connectivity index (χ4v) is 6.96. The standard InChI is InChI=1S/C22H18Br2N2O3/c23-18-14-10-15(19(18)24)17-16(14)21(28)26(22(17)29)13-8-6-11(7-9-13)20(27)25-12-4-2-1-3-5-12/h1-9,14-19H,10H2,(H,25,27). The van der Waals surface area contributed by atoms with Gasteiger partial charge >= 0.3 is 0 Å². The minimum atomic E-state index is -0.244. The Morgan fingerprint density at radius 2 is 1.41 bits per heavy atom. The molecule has 3 fully saturated rings. The summed E-state index contributed by atoms with van der Waals surface area (Å²) in [6.07, 6.45) is 0.908. The first-order valence-corrected chi connectivity index (χ1v) is 11.4. The number of alkyl halides is 2. The lowest BCUT2D eigenvalue weighted by atomic mass is 9.81. The monoisotopic (exact) mass is 516 g/mol. The van der Waals surface area contributed by atoms with Gasteiger partial charge in [-0.05, 0) is 54.7 Å². The number of benzene rings is 2. The molecule has 0 spiro atoms. The van der Waals surface area contributed by atoms with E-state index in [0.717, 1.165) is 6.42 Å². The SMILES string of the molecule is O=C(Nc1ccccc1)c1ccc(N2C(=O)C3C4CC(C(Br)C4Br)C3C2=O)cc1. The Bertz CT molecular complexity index is 963. The molecule has 1 N–H and O–H groups in total. The number of nitrogens with zero attached hydrogens (tertiary/aromatic N) is 1. The topological polar surface area (TPSA) is 66.5 Å². The number of hydrogen-bond acceptors (Lipinski definition) is 3. The normalized spacial score (nSPS) is 32.6. The predicted octanol–water partition coefficient (Wildman–Crippen LogP) is 4.22. The van der Waals surface area contributed by atoms with Crippen molar-refractivity contribution in [3.63, 3.8) is 0 Å². The lowest BCUT2D eigenvalue weighted by Crippen LogP contribution is -2.37. The maximum Gasteiger partial charge on any atom is 0.255 e. The molecule has 1 aliphatic heterocycles. The number of carbonyl (C=O) groups excluding carboxylic acids is 3. The Balaban J connectivity index is 1.36. The number of para-hydroxylation sites is 1. The summed E-state index contributed by atoms with van der Waals surface area (Å²) in [5.41, 5.74) is 1.71. The fraction of sp³-hybridized carbons (Fsp3) is 0.318. The molecule has 7 heteroatoms. The van der Waals surface area contributed by atoms with E-state index in [1.807, 2.05) is 30.3 Å². The summed E-state index contributed by atoms with van der Waals surface area (Å²) in [5.74, 6) is -0.575. The zero-order chi connectivity index (χ0) is 20.3. The van der Waals surface area contributed by atoms with E-state index in [2.05, 4.69) is 37.2 Å². The summed E-state index contributed by atoms with van der Waals surface area (Å²) in [6, 6.07) is 15.9. The first kappa shape index (κ1) is 19.0. The molecule has 2 bridgehead atoms. The summed E-state index contributed by atoms with van der Waals surface area (Å²) >= 11 is 7.40. The van der Waals surface area contributed by atoms with Crippen molar-refractivity contribution in [2.75, 3.05) is 10.2 Å². The van der Waals surface area contributed by atoms with E-state index in [1.54, 1.807) is 24.3 Å². The number of amides is 3. The lowest BCUT2D eigenvalue weighted by molar-refractivity contribution is -0.123. The van der Waals surface area contributed by atoms with Crippen molar-refractivity contribution in [2.24, 2.45) is 23.7 Å². The van der Waals surface area contributed by atoms with Crippen LogP contribution in [0, 0.1) is 23.7 Å². The molecule has 29 heavy (non-hydrogen) atoms. The van der Waals surface area contributed by atoms with Crippen LogP contribution in [-0.2, 0) is 9.59 Å². The van der Waals surface area contributed by atoms with E-state index >= 15 is 0 Å². The predicted molar refractivity (Wildman–Crippen MR) is 117 cm³/mol. The molecule has 5 rings (SSSR count). The molecule has 2 aliphatic carbocycles. The second-order valence-electron chi connectivity index (χ2n) is 7.88.